The lowest BCUT2D eigenvalue weighted by atomic mass is 10.1. The normalized spacial score (nSPS) is 12.9. The van der Waals surface area contributed by atoms with Gasteiger partial charge >= 0.3 is 0 Å². The Morgan fingerprint density at radius 2 is 1.97 bits per heavy atom. The molecular formula is C23H21N3O4S2. The van der Waals surface area contributed by atoms with E-state index in [-0.39, 0.29) is 16.2 Å². The van der Waals surface area contributed by atoms with Crippen molar-refractivity contribution in [1.82, 2.24) is 0 Å². The minimum absolute atomic E-state index is 0.000740. The molecular weight excluding hydrogens is 446 g/mol. The van der Waals surface area contributed by atoms with Crippen LogP contribution in [0.25, 0.3) is 0 Å². The van der Waals surface area contributed by atoms with Crippen molar-refractivity contribution >= 4 is 38.0 Å². The molecule has 7 nitrogen and oxygen atoms in total. The van der Waals surface area contributed by atoms with Gasteiger partial charge < -0.3 is 10.1 Å². The standard InChI is InChI=1S/C23H21N3O4S2/c1-14-15(2)31-23(19(14)13-24)25-22(27)18-12-17(8-9-21(18)30-3)32(28,29)26-11-10-16-6-4-5-7-20(16)26/h4-9,12H,10-11H2,1-3H3,(H,25,27). The van der Waals surface area contributed by atoms with Gasteiger partial charge in [-0.05, 0) is 55.7 Å². The zero-order chi connectivity index (χ0) is 23.0. The van der Waals surface area contributed by atoms with Crippen LogP contribution in [0.15, 0.2) is 47.4 Å². The highest BCUT2D eigenvalue weighted by atomic mass is 32.2. The zero-order valence-electron chi connectivity index (χ0n) is 17.8. The molecule has 3 aromatic rings. The van der Waals surface area contributed by atoms with E-state index in [4.69, 9.17) is 4.74 Å². The van der Waals surface area contributed by atoms with Crippen molar-refractivity contribution in [1.29, 1.82) is 5.26 Å². The summed E-state index contributed by atoms with van der Waals surface area (Å²) in [6, 6.07) is 13.7. The van der Waals surface area contributed by atoms with Crippen molar-refractivity contribution in [2.45, 2.75) is 25.2 Å². The maximum atomic E-state index is 13.4. The minimum Gasteiger partial charge on any atom is -0.496 e. The number of amides is 1. The summed E-state index contributed by atoms with van der Waals surface area (Å²) < 4.78 is 33.5. The van der Waals surface area contributed by atoms with Crippen LogP contribution in [0, 0.1) is 25.2 Å². The van der Waals surface area contributed by atoms with E-state index >= 15 is 0 Å². The first-order chi connectivity index (χ1) is 15.3. The van der Waals surface area contributed by atoms with Crippen LogP contribution >= 0.6 is 11.3 Å². The molecule has 1 amide bonds. The summed E-state index contributed by atoms with van der Waals surface area (Å²) in [5.41, 5.74) is 2.90. The first-order valence-electron chi connectivity index (χ1n) is 9.88. The SMILES string of the molecule is COc1ccc(S(=O)(=O)N2CCc3ccccc32)cc1C(=O)Nc1sc(C)c(C)c1C#N. The molecule has 0 fully saturated rings. The quantitative estimate of drug-likeness (QED) is 0.605. The van der Waals surface area contributed by atoms with Gasteiger partial charge in [0.05, 0.1) is 28.8 Å². The number of nitrogens with one attached hydrogen (secondary N) is 1. The number of rotatable bonds is 5. The lowest BCUT2D eigenvalue weighted by Crippen LogP contribution is -2.29. The lowest BCUT2D eigenvalue weighted by Gasteiger charge is -2.20. The average molecular weight is 468 g/mol. The number of carbonyl (C=O) groups excluding carboxylic acids is 1. The van der Waals surface area contributed by atoms with Gasteiger partial charge in [-0.15, -0.1) is 11.3 Å². The summed E-state index contributed by atoms with van der Waals surface area (Å²) in [5.74, 6) is -0.301. The number of hydrogen-bond acceptors (Lipinski definition) is 6. The van der Waals surface area contributed by atoms with E-state index < -0.39 is 15.9 Å². The van der Waals surface area contributed by atoms with Crippen molar-refractivity contribution in [2.75, 3.05) is 23.3 Å². The van der Waals surface area contributed by atoms with Crippen LogP contribution in [0.3, 0.4) is 0 Å². The maximum Gasteiger partial charge on any atom is 0.264 e. The summed E-state index contributed by atoms with van der Waals surface area (Å²) in [6.45, 7) is 4.04. The summed E-state index contributed by atoms with van der Waals surface area (Å²) >= 11 is 1.30. The van der Waals surface area contributed by atoms with E-state index in [1.165, 1.54) is 41.0 Å². The number of methoxy groups -OCH3 is 1. The molecule has 2 aromatic carbocycles. The van der Waals surface area contributed by atoms with Gasteiger partial charge in [0.2, 0.25) is 0 Å². The summed E-state index contributed by atoms with van der Waals surface area (Å²) in [5, 5.41) is 12.6. The van der Waals surface area contributed by atoms with Crippen molar-refractivity contribution < 1.29 is 17.9 Å². The fraction of sp³-hybridized carbons (Fsp3) is 0.217. The number of thiophene rings is 1. The van der Waals surface area contributed by atoms with Gasteiger partial charge in [0.15, 0.2) is 0 Å². The molecule has 0 bridgehead atoms. The number of nitriles is 1. The van der Waals surface area contributed by atoms with Gasteiger partial charge in [0.25, 0.3) is 15.9 Å². The summed E-state index contributed by atoms with van der Waals surface area (Å²) in [6.07, 6.45) is 0.632. The molecule has 0 saturated carbocycles. The molecule has 2 heterocycles. The third-order valence-corrected chi connectivity index (χ3v) is 8.50. The highest BCUT2D eigenvalue weighted by Gasteiger charge is 2.31. The Labute approximate surface area is 190 Å². The van der Waals surface area contributed by atoms with E-state index in [0.29, 0.717) is 29.2 Å². The molecule has 0 aliphatic carbocycles. The van der Waals surface area contributed by atoms with E-state index in [1.54, 1.807) is 12.1 Å². The monoisotopic (exact) mass is 467 g/mol. The molecule has 0 atom stereocenters. The Hall–Kier alpha value is -3.35. The molecule has 32 heavy (non-hydrogen) atoms. The third-order valence-electron chi connectivity index (χ3n) is 5.57. The Morgan fingerprint density at radius 1 is 1.22 bits per heavy atom. The maximum absolute atomic E-state index is 13.4. The van der Waals surface area contributed by atoms with Crippen LogP contribution < -0.4 is 14.4 Å². The Bertz CT molecular complexity index is 1370. The highest BCUT2D eigenvalue weighted by Crippen LogP contribution is 2.35. The third kappa shape index (κ3) is 3.61. The number of sulfonamides is 1. The fourth-order valence-electron chi connectivity index (χ4n) is 3.73. The molecule has 164 valence electrons. The average Bonchev–Trinajstić information content (AvgIpc) is 3.34. The van der Waals surface area contributed by atoms with Crippen molar-refractivity contribution in [3.63, 3.8) is 0 Å². The lowest BCUT2D eigenvalue weighted by molar-refractivity contribution is 0.102. The second-order valence-corrected chi connectivity index (χ2v) is 10.5. The first kappa shape index (κ1) is 21.9. The Morgan fingerprint density at radius 3 is 2.69 bits per heavy atom. The van der Waals surface area contributed by atoms with E-state index in [0.717, 1.165) is 16.0 Å². The Balaban J connectivity index is 1.72. The summed E-state index contributed by atoms with van der Waals surface area (Å²) in [4.78, 5) is 14.0. The van der Waals surface area contributed by atoms with Gasteiger partial charge in [-0.3, -0.25) is 9.10 Å². The first-order valence-corrected chi connectivity index (χ1v) is 12.1. The highest BCUT2D eigenvalue weighted by molar-refractivity contribution is 7.92. The number of hydrogen-bond donors (Lipinski definition) is 1. The van der Waals surface area contributed by atoms with Gasteiger partial charge in [-0.1, -0.05) is 18.2 Å². The van der Waals surface area contributed by atoms with Gasteiger partial charge in [-0.25, -0.2) is 8.42 Å². The second-order valence-electron chi connectivity index (χ2n) is 7.37. The second kappa shape index (κ2) is 8.30. The number of fused-ring (bicyclic) bond motifs is 1. The molecule has 0 saturated heterocycles. The van der Waals surface area contributed by atoms with E-state index in [1.807, 2.05) is 26.0 Å². The topological polar surface area (TPSA) is 99.5 Å². The van der Waals surface area contributed by atoms with Gasteiger partial charge in [0, 0.05) is 11.4 Å². The van der Waals surface area contributed by atoms with Crippen LogP contribution in [0.4, 0.5) is 10.7 Å². The summed E-state index contributed by atoms with van der Waals surface area (Å²) in [7, 11) is -2.46. The predicted molar refractivity (Wildman–Crippen MR) is 124 cm³/mol. The Kier molecular flexibility index (Phi) is 5.67. The number of anilines is 2. The zero-order valence-corrected chi connectivity index (χ0v) is 19.4. The molecule has 0 radical (unpaired) electrons. The van der Waals surface area contributed by atoms with Gasteiger partial charge in [-0.2, -0.15) is 5.26 Å². The van der Waals surface area contributed by atoms with Crippen LogP contribution in [0.2, 0.25) is 0 Å². The molecule has 1 aliphatic rings. The van der Waals surface area contributed by atoms with Crippen molar-refractivity contribution in [2.24, 2.45) is 0 Å². The van der Waals surface area contributed by atoms with Crippen LogP contribution in [0.5, 0.6) is 5.75 Å². The number of ether oxygens (including phenoxy) is 1. The number of aryl methyl sites for hydroxylation is 1. The predicted octanol–water partition coefficient (Wildman–Crippen LogP) is 4.25. The van der Waals surface area contributed by atoms with E-state index in [2.05, 4.69) is 11.4 Å². The molecule has 1 N–H and O–H groups in total. The van der Waals surface area contributed by atoms with Gasteiger partial charge in [0.1, 0.15) is 16.8 Å². The van der Waals surface area contributed by atoms with Crippen LogP contribution in [-0.4, -0.2) is 28.0 Å². The molecule has 1 aromatic heterocycles. The number of nitrogens with zero attached hydrogens (tertiary/aromatic N) is 2. The molecule has 9 heteroatoms. The van der Waals surface area contributed by atoms with Crippen LogP contribution in [0.1, 0.15) is 31.9 Å². The number of carbonyl (C=O) groups is 1. The molecule has 1 aliphatic heterocycles. The van der Waals surface area contributed by atoms with Crippen molar-refractivity contribution in [3.8, 4) is 11.8 Å². The largest absolute Gasteiger partial charge is 0.496 e. The molecule has 0 unspecified atom stereocenters. The molecule has 4 rings (SSSR count). The number of benzene rings is 2. The smallest absolute Gasteiger partial charge is 0.264 e. The van der Waals surface area contributed by atoms with E-state index in [9.17, 15) is 18.5 Å². The fourth-order valence-corrected chi connectivity index (χ4v) is 6.27. The minimum atomic E-state index is -3.87. The molecule has 0 spiro atoms. The van der Waals surface area contributed by atoms with Crippen LogP contribution in [-0.2, 0) is 16.4 Å². The van der Waals surface area contributed by atoms with Crippen molar-refractivity contribution in [3.05, 3.63) is 69.6 Å². The number of para-hydroxylation sites is 1.